The quantitative estimate of drug-likeness (QED) is 0.845. The summed E-state index contributed by atoms with van der Waals surface area (Å²) in [5.41, 5.74) is 0. The molecule has 0 unspecified atom stereocenters. The Morgan fingerprint density at radius 3 is 2.33 bits per heavy atom. The van der Waals surface area contributed by atoms with Gasteiger partial charge in [-0.25, -0.2) is 12.8 Å². The molecule has 1 aromatic rings. The van der Waals surface area contributed by atoms with Gasteiger partial charge < -0.3 is 4.90 Å². The van der Waals surface area contributed by atoms with Gasteiger partial charge in [-0.1, -0.05) is 19.9 Å². The molecule has 21 heavy (non-hydrogen) atoms. The number of hydrogen-bond donors (Lipinski definition) is 0. The van der Waals surface area contributed by atoms with Crippen LogP contribution in [-0.2, 0) is 14.8 Å². The first-order chi connectivity index (χ1) is 9.82. The number of nitrogens with zero attached hydrogens (tertiary/aromatic N) is 2. The predicted molar refractivity (Wildman–Crippen MR) is 76.6 cm³/mol. The van der Waals surface area contributed by atoms with Gasteiger partial charge >= 0.3 is 0 Å². The molecule has 1 aromatic carbocycles. The number of piperazine rings is 1. The van der Waals surface area contributed by atoms with Gasteiger partial charge in [0.2, 0.25) is 15.9 Å². The number of rotatable bonds is 3. The summed E-state index contributed by atoms with van der Waals surface area (Å²) in [6, 6.07) is 4.98. The first kappa shape index (κ1) is 15.9. The van der Waals surface area contributed by atoms with Gasteiger partial charge in [0.15, 0.2) is 0 Å². The SMILES string of the molecule is CC(C)C(=O)N1CCN(S(=O)(=O)c2cccc(F)c2)CC1. The third kappa shape index (κ3) is 3.41. The second-order valence-corrected chi connectivity index (χ2v) is 7.28. The van der Waals surface area contributed by atoms with Crippen molar-refractivity contribution in [2.75, 3.05) is 26.2 Å². The molecule has 1 heterocycles. The topological polar surface area (TPSA) is 57.7 Å². The molecule has 1 aliphatic rings. The summed E-state index contributed by atoms with van der Waals surface area (Å²) in [5.74, 6) is -0.654. The van der Waals surface area contributed by atoms with Gasteiger partial charge in [0.1, 0.15) is 5.82 Å². The zero-order valence-corrected chi connectivity index (χ0v) is 12.9. The normalized spacial score (nSPS) is 17.2. The van der Waals surface area contributed by atoms with Crippen molar-refractivity contribution >= 4 is 15.9 Å². The minimum absolute atomic E-state index is 0.0257. The number of benzene rings is 1. The summed E-state index contributed by atoms with van der Waals surface area (Å²) in [5, 5.41) is 0. The van der Waals surface area contributed by atoms with E-state index in [4.69, 9.17) is 0 Å². The molecule has 116 valence electrons. The Balaban J connectivity index is 2.10. The zero-order chi connectivity index (χ0) is 15.6. The first-order valence-corrected chi connectivity index (χ1v) is 8.31. The van der Waals surface area contributed by atoms with Crippen molar-refractivity contribution in [1.82, 2.24) is 9.21 Å². The van der Waals surface area contributed by atoms with Gasteiger partial charge in [-0.2, -0.15) is 4.31 Å². The van der Waals surface area contributed by atoms with Crippen LogP contribution >= 0.6 is 0 Å². The van der Waals surface area contributed by atoms with Gasteiger partial charge in [-0.15, -0.1) is 0 Å². The average molecular weight is 314 g/mol. The molecule has 0 aromatic heterocycles. The largest absolute Gasteiger partial charge is 0.340 e. The molecule has 1 saturated heterocycles. The summed E-state index contributed by atoms with van der Waals surface area (Å²) in [6.45, 7) is 4.84. The lowest BCUT2D eigenvalue weighted by Crippen LogP contribution is -2.51. The van der Waals surface area contributed by atoms with Crippen molar-refractivity contribution in [3.8, 4) is 0 Å². The molecule has 0 atom stereocenters. The highest BCUT2D eigenvalue weighted by atomic mass is 32.2. The van der Waals surface area contributed by atoms with E-state index in [2.05, 4.69) is 0 Å². The van der Waals surface area contributed by atoms with Crippen LogP contribution in [0.5, 0.6) is 0 Å². The number of amides is 1. The van der Waals surface area contributed by atoms with Crippen LogP contribution in [0.15, 0.2) is 29.2 Å². The number of carbonyl (C=O) groups is 1. The van der Waals surface area contributed by atoms with Crippen molar-refractivity contribution in [1.29, 1.82) is 0 Å². The Morgan fingerprint density at radius 2 is 1.81 bits per heavy atom. The molecule has 7 heteroatoms. The maximum Gasteiger partial charge on any atom is 0.243 e. The highest BCUT2D eigenvalue weighted by molar-refractivity contribution is 7.89. The van der Waals surface area contributed by atoms with Crippen LogP contribution in [0.4, 0.5) is 4.39 Å². The van der Waals surface area contributed by atoms with Crippen molar-refractivity contribution in [2.45, 2.75) is 18.7 Å². The Bertz CT molecular complexity index is 623. The van der Waals surface area contributed by atoms with E-state index in [0.29, 0.717) is 13.1 Å². The minimum atomic E-state index is -3.70. The van der Waals surface area contributed by atoms with E-state index < -0.39 is 15.8 Å². The Hall–Kier alpha value is -1.47. The van der Waals surface area contributed by atoms with E-state index in [1.54, 1.807) is 4.90 Å². The molecule has 1 amide bonds. The monoisotopic (exact) mass is 314 g/mol. The van der Waals surface area contributed by atoms with Gasteiger partial charge in [0.05, 0.1) is 4.90 Å². The smallest absolute Gasteiger partial charge is 0.243 e. The van der Waals surface area contributed by atoms with E-state index in [9.17, 15) is 17.6 Å². The van der Waals surface area contributed by atoms with E-state index >= 15 is 0 Å². The fourth-order valence-corrected chi connectivity index (χ4v) is 3.74. The summed E-state index contributed by atoms with van der Waals surface area (Å²) >= 11 is 0. The van der Waals surface area contributed by atoms with Crippen LogP contribution in [0.1, 0.15) is 13.8 Å². The van der Waals surface area contributed by atoms with Crippen LogP contribution in [0.25, 0.3) is 0 Å². The van der Waals surface area contributed by atoms with Crippen LogP contribution < -0.4 is 0 Å². The van der Waals surface area contributed by atoms with Crippen LogP contribution in [0.3, 0.4) is 0 Å². The molecule has 0 N–H and O–H groups in total. The number of carbonyl (C=O) groups excluding carboxylic acids is 1. The molecule has 0 bridgehead atoms. The maximum absolute atomic E-state index is 13.2. The number of sulfonamides is 1. The van der Waals surface area contributed by atoms with Crippen LogP contribution in [0.2, 0.25) is 0 Å². The predicted octanol–water partition coefficient (Wildman–Crippen LogP) is 1.31. The molecular weight excluding hydrogens is 295 g/mol. The first-order valence-electron chi connectivity index (χ1n) is 6.87. The summed E-state index contributed by atoms with van der Waals surface area (Å²) in [6.07, 6.45) is 0. The second kappa shape index (κ2) is 6.11. The minimum Gasteiger partial charge on any atom is -0.340 e. The number of hydrogen-bond acceptors (Lipinski definition) is 3. The van der Waals surface area contributed by atoms with Crippen LogP contribution in [-0.4, -0.2) is 49.7 Å². The Labute approximate surface area is 124 Å². The van der Waals surface area contributed by atoms with Crippen LogP contribution in [0, 0.1) is 11.7 Å². The second-order valence-electron chi connectivity index (χ2n) is 5.34. The lowest BCUT2D eigenvalue weighted by molar-refractivity contribution is -0.135. The molecule has 2 rings (SSSR count). The molecule has 0 saturated carbocycles. The van der Waals surface area contributed by atoms with Crippen molar-refractivity contribution in [3.63, 3.8) is 0 Å². The number of halogens is 1. The molecule has 0 spiro atoms. The Kier molecular flexibility index (Phi) is 4.63. The third-order valence-electron chi connectivity index (χ3n) is 3.48. The van der Waals surface area contributed by atoms with Crippen molar-refractivity contribution < 1.29 is 17.6 Å². The van der Waals surface area contributed by atoms with Gasteiger partial charge in [0, 0.05) is 32.1 Å². The Morgan fingerprint density at radius 1 is 1.19 bits per heavy atom. The molecule has 1 aliphatic heterocycles. The van der Waals surface area contributed by atoms with E-state index in [-0.39, 0.29) is 29.8 Å². The van der Waals surface area contributed by atoms with Gasteiger partial charge in [-0.3, -0.25) is 4.79 Å². The summed E-state index contributed by atoms with van der Waals surface area (Å²) in [4.78, 5) is 13.5. The summed E-state index contributed by atoms with van der Waals surface area (Å²) in [7, 11) is -3.70. The maximum atomic E-state index is 13.2. The van der Waals surface area contributed by atoms with Gasteiger partial charge in [-0.05, 0) is 18.2 Å². The van der Waals surface area contributed by atoms with Crippen molar-refractivity contribution in [2.24, 2.45) is 5.92 Å². The third-order valence-corrected chi connectivity index (χ3v) is 5.37. The standard InChI is InChI=1S/C14H19FN2O3S/c1-11(2)14(18)16-6-8-17(9-7-16)21(19,20)13-5-3-4-12(15)10-13/h3-5,10-11H,6-9H2,1-2H3. The van der Waals surface area contributed by atoms with Gasteiger partial charge in [0.25, 0.3) is 0 Å². The van der Waals surface area contributed by atoms with E-state index in [0.717, 1.165) is 6.07 Å². The molecule has 1 fully saturated rings. The fourth-order valence-electron chi connectivity index (χ4n) is 2.29. The molecule has 0 aliphatic carbocycles. The highest BCUT2D eigenvalue weighted by Gasteiger charge is 2.30. The lowest BCUT2D eigenvalue weighted by Gasteiger charge is -2.34. The van der Waals surface area contributed by atoms with E-state index in [1.165, 1.54) is 22.5 Å². The molecule has 5 nitrogen and oxygen atoms in total. The zero-order valence-electron chi connectivity index (χ0n) is 12.1. The molecular formula is C14H19FN2O3S. The highest BCUT2D eigenvalue weighted by Crippen LogP contribution is 2.19. The molecule has 0 radical (unpaired) electrons. The van der Waals surface area contributed by atoms with E-state index in [1.807, 2.05) is 13.8 Å². The lowest BCUT2D eigenvalue weighted by atomic mass is 10.2. The summed E-state index contributed by atoms with van der Waals surface area (Å²) < 4.78 is 39.3. The average Bonchev–Trinajstić information content (AvgIpc) is 2.46. The fraction of sp³-hybridized carbons (Fsp3) is 0.500. The van der Waals surface area contributed by atoms with Crippen molar-refractivity contribution in [3.05, 3.63) is 30.1 Å².